The van der Waals surface area contributed by atoms with Gasteiger partial charge in [0.05, 0.1) is 0 Å². The lowest BCUT2D eigenvalue weighted by atomic mass is 10.0. The van der Waals surface area contributed by atoms with Crippen LogP contribution in [0, 0.1) is 5.92 Å². The molecule has 0 nitrogen and oxygen atoms in total. The third kappa shape index (κ3) is 15.9. The average molecular weight is 319 g/mol. The van der Waals surface area contributed by atoms with Crippen LogP contribution >= 0.6 is 0 Å². The monoisotopic (exact) mass is 318 g/mol. The molecule has 0 spiro atoms. The minimum atomic E-state index is 0.840. The molecular weight excluding hydrogens is 276 g/mol. The first kappa shape index (κ1) is 22.2. The Morgan fingerprint density at radius 1 is 0.696 bits per heavy atom. The molecule has 0 fully saturated rings. The minimum Gasteiger partial charge on any atom is -0.0856 e. The Labute approximate surface area is 147 Å². The van der Waals surface area contributed by atoms with Crippen LogP contribution in [-0.2, 0) is 0 Å². The van der Waals surface area contributed by atoms with Gasteiger partial charge in [-0.15, -0.1) is 0 Å². The molecule has 0 heteroatoms. The van der Waals surface area contributed by atoms with Gasteiger partial charge < -0.3 is 0 Å². The van der Waals surface area contributed by atoms with Crippen LogP contribution in [0.15, 0.2) is 34.9 Å². The molecule has 0 aromatic rings. The van der Waals surface area contributed by atoms with E-state index in [9.17, 15) is 0 Å². The van der Waals surface area contributed by atoms with Gasteiger partial charge in [0.1, 0.15) is 0 Å². The second-order valence-electron chi connectivity index (χ2n) is 7.66. The topological polar surface area (TPSA) is 0 Å². The molecular formula is C23H42. The SMILES string of the molecule is CCCC/C=C(\C)CC/C=C(\C)CC/C=C(/C)CCCC(C)C. The molecule has 134 valence electrons. The van der Waals surface area contributed by atoms with E-state index in [0.29, 0.717) is 0 Å². The third-order valence-corrected chi connectivity index (χ3v) is 4.47. The van der Waals surface area contributed by atoms with Crippen molar-refractivity contribution in [1.29, 1.82) is 0 Å². The fraction of sp³-hybridized carbons (Fsp3) is 0.739. The highest BCUT2D eigenvalue weighted by Crippen LogP contribution is 2.15. The first-order valence-electron chi connectivity index (χ1n) is 9.92. The fourth-order valence-corrected chi connectivity index (χ4v) is 2.74. The van der Waals surface area contributed by atoms with Crippen molar-refractivity contribution in [3.05, 3.63) is 34.9 Å². The Balaban J connectivity index is 3.87. The highest BCUT2D eigenvalue weighted by Gasteiger charge is 1.96. The summed E-state index contributed by atoms with van der Waals surface area (Å²) in [6.07, 6.45) is 20.1. The predicted octanol–water partition coefficient (Wildman–Crippen LogP) is 8.40. The van der Waals surface area contributed by atoms with Gasteiger partial charge in [-0.1, -0.05) is 75.0 Å². The molecule has 0 aromatic heterocycles. The highest BCUT2D eigenvalue weighted by atomic mass is 14.0. The highest BCUT2D eigenvalue weighted by molar-refractivity contribution is 5.06. The van der Waals surface area contributed by atoms with Crippen molar-refractivity contribution in [2.24, 2.45) is 5.92 Å². The van der Waals surface area contributed by atoms with Gasteiger partial charge in [0.15, 0.2) is 0 Å². The molecule has 0 aromatic carbocycles. The largest absolute Gasteiger partial charge is 0.0856 e. The minimum absolute atomic E-state index is 0.840. The molecule has 0 aliphatic heterocycles. The zero-order valence-electron chi connectivity index (χ0n) is 16.9. The van der Waals surface area contributed by atoms with E-state index in [-0.39, 0.29) is 0 Å². The average Bonchev–Trinajstić information content (AvgIpc) is 2.47. The Bertz CT molecular complexity index is 365. The lowest BCUT2D eigenvalue weighted by Crippen LogP contribution is -1.88. The van der Waals surface area contributed by atoms with E-state index in [1.54, 1.807) is 16.7 Å². The molecule has 0 N–H and O–H groups in total. The van der Waals surface area contributed by atoms with Crippen LogP contribution in [0.2, 0.25) is 0 Å². The molecule has 0 rings (SSSR count). The van der Waals surface area contributed by atoms with Gasteiger partial charge in [0.25, 0.3) is 0 Å². The first-order valence-corrected chi connectivity index (χ1v) is 9.92. The van der Waals surface area contributed by atoms with Crippen molar-refractivity contribution < 1.29 is 0 Å². The molecule has 0 unspecified atom stereocenters. The van der Waals surface area contributed by atoms with Crippen LogP contribution in [0.3, 0.4) is 0 Å². The molecule has 0 saturated heterocycles. The maximum absolute atomic E-state index is 2.45. The van der Waals surface area contributed by atoms with E-state index in [4.69, 9.17) is 0 Å². The molecule has 0 aliphatic carbocycles. The number of unbranched alkanes of at least 4 members (excludes halogenated alkanes) is 2. The van der Waals surface area contributed by atoms with Crippen LogP contribution < -0.4 is 0 Å². The normalized spacial score (nSPS) is 14.0. The van der Waals surface area contributed by atoms with E-state index in [2.05, 4.69) is 59.8 Å². The molecule has 0 radical (unpaired) electrons. The molecule has 0 bridgehead atoms. The number of rotatable bonds is 13. The summed E-state index contributed by atoms with van der Waals surface area (Å²) in [5.41, 5.74) is 4.69. The zero-order valence-corrected chi connectivity index (χ0v) is 16.9. The second-order valence-corrected chi connectivity index (χ2v) is 7.66. The zero-order chi connectivity index (χ0) is 17.5. The van der Waals surface area contributed by atoms with Crippen molar-refractivity contribution in [1.82, 2.24) is 0 Å². The molecule has 0 saturated carbocycles. The summed E-state index contributed by atoms with van der Waals surface area (Å²) in [7, 11) is 0. The van der Waals surface area contributed by atoms with Crippen molar-refractivity contribution >= 4 is 0 Å². The van der Waals surface area contributed by atoms with E-state index < -0.39 is 0 Å². The number of hydrogen-bond acceptors (Lipinski definition) is 0. The van der Waals surface area contributed by atoms with E-state index >= 15 is 0 Å². The van der Waals surface area contributed by atoms with Crippen LogP contribution in [0.5, 0.6) is 0 Å². The van der Waals surface area contributed by atoms with E-state index in [0.717, 1.165) is 5.92 Å². The van der Waals surface area contributed by atoms with Crippen molar-refractivity contribution in [3.63, 3.8) is 0 Å². The second kappa shape index (κ2) is 14.8. The standard InChI is InChI=1S/C23H42/c1-7-8-9-14-21(4)16-11-18-23(6)19-12-17-22(5)15-10-13-20(2)3/h14,17-18,20H,7-13,15-16,19H2,1-6H3/b21-14+,22-17-,23-18+. The smallest absolute Gasteiger partial charge is 0.0288 e. The van der Waals surface area contributed by atoms with Gasteiger partial charge in [-0.05, 0) is 71.6 Å². The Hall–Kier alpha value is -0.780. The van der Waals surface area contributed by atoms with E-state index in [1.165, 1.54) is 64.2 Å². The lowest BCUT2D eigenvalue weighted by Gasteiger charge is -2.05. The van der Waals surface area contributed by atoms with Gasteiger partial charge in [-0.2, -0.15) is 0 Å². The van der Waals surface area contributed by atoms with Gasteiger partial charge in [-0.3, -0.25) is 0 Å². The molecule has 23 heavy (non-hydrogen) atoms. The number of allylic oxidation sites excluding steroid dienone is 6. The van der Waals surface area contributed by atoms with Crippen molar-refractivity contribution in [2.45, 2.75) is 106 Å². The van der Waals surface area contributed by atoms with Gasteiger partial charge in [0, 0.05) is 0 Å². The van der Waals surface area contributed by atoms with Gasteiger partial charge in [-0.25, -0.2) is 0 Å². The Morgan fingerprint density at radius 3 is 1.65 bits per heavy atom. The van der Waals surface area contributed by atoms with E-state index in [1.807, 2.05) is 0 Å². The Morgan fingerprint density at radius 2 is 1.17 bits per heavy atom. The van der Waals surface area contributed by atoms with Gasteiger partial charge in [0.2, 0.25) is 0 Å². The van der Waals surface area contributed by atoms with Crippen molar-refractivity contribution in [3.8, 4) is 0 Å². The summed E-state index contributed by atoms with van der Waals surface area (Å²) < 4.78 is 0. The summed E-state index contributed by atoms with van der Waals surface area (Å²) in [5.74, 6) is 0.840. The Kier molecular flexibility index (Phi) is 14.3. The first-order chi connectivity index (χ1) is 11.0. The van der Waals surface area contributed by atoms with Gasteiger partial charge >= 0.3 is 0 Å². The van der Waals surface area contributed by atoms with Crippen LogP contribution in [0.1, 0.15) is 106 Å². The van der Waals surface area contributed by atoms with Crippen LogP contribution in [0.4, 0.5) is 0 Å². The molecule has 0 atom stereocenters. The lowest BCUT2D eigenvalue weighted by molar-refractivity contribution is 0.554. The fourth-order valence-electron chi connectivity index (χ4n) is 2.74. The predicted molar refractivity (Wildman–Crippen MR) is 108 cm³/mol. The molecule has 0 aliphatic rings. The molecule has 0 heterocycles. The maximum Gasteiger partial charge on any atom is -0.0288 e. The molecule has 0 amide bonds. The number of hydrogen-bond donors (Lipinski definition) is 0. The quantitative estimate of drug-likeness (QED) is 0.236. The summed E-state index contributed by atoms with van der Waals surface area (Å²) >= 11 is 0. The summed E-state index contributed by atoms with van der Waals surface area (Å²) in [5, 5.41) is 0. The summed E-state index contributed by atoms with van der Waals surface area (Å²) in [4.78, 5) is 0. The summed E-state index contributed by atoms with van der Waals surface area (Å²) in [6, 6.07) is 0. The third-order valence-electron chi connectivity index (χ3n) is 4.47. The van der Waals surface area contributed by atoms with Crippen molar-refractivity contribution in [2.75, 3.05) is 0 Å². The summed E-state index contributed by atoms with van der Waals surface area (Å²) in [6.45, 7) is 13.8. The van der Waals surface area contributed by atoms with Crippen LogP contribution in [0.25, 0.3) is 0 Å². The maximum atomic E-state index is 2.45. The van der Waals surface area contributed by atoms with Crippen LogP contribution in [-0.4, -0.2) is 0 Å².